The maximum atomic E-state index is 15.6. The highest BCUT2D eigenvalue weighted by Crippen LogP contribution is 2.66. The van der Waals surface area contributed by atoms with Gasteiger partial charge < -0.3 is 19.0 Å². The van der Waals surface area contributed by atoms with Gasteiger partial charge >= 0.3 is 6.18 Å². The van der Waals surface area contributed by atoms with Gasteiger partial charge in [0.25, 0.3) is 11.8 Å². The second-order valence-corrected chi connectivity index (χ2v) is 17.1. The first-order chi connectivity index (χ1) is 31.1. The number of fused-ring (bicyclic) bond motifs is 5. The Morgan fingerprint density at radius 2 is 1.63 bits per heavy atom. The molecule has 3 fully saturated rings. The molecule has 6 atom stereocenters. The average molecular weight is 925 g/mol. The molecule has 1 saturated carbocycles. The van der Waals surface area contributed by atoms with Gasteiger partial charge in [0.2, 0.25) is 17.7 Å². The first-order valence-electron chi connectivity index (χ1n) is 20.3. The van der Waals surface area contributed by atoms with E-state index in [9.17, 15) is 27.9 Å². The molecule has 2 aliphatic heterocycles. The molecule has 6 aromatic rings. The SMILES string of the molecule is COc1cc(O)c([C@H]2C3=CC[C@@H]4C(=O)N(c5ccc(-c6nc7ccccc7o6)cc5)C(=O)[C@@H]4[C@@H]3C[C@H]3C(=O)N(Nc4ncc(C(F)(F)F)cc4Cl)C(=O)[C@@]23c2ccc(Cl)cc2)c(OC)c1. The molecule has 18 heteroatoms. The number of methoxy groups -OCH3 is 2. The van der Waals surface area contributed by atoms with E-state index >= 15 is 9.59 Å². The molecule has 65 heavy (non-hydrogen) atoms. The van der Waals surface area contributed by atoms with Gasteiger partial charge in [-0.25, -0.2) is 9.97 Å². The number of phenols is 1. The number of pyridine rings is 1. The molecule has 2 saturated heterocycles. The molecule has 4 heterocycles. The van der Waals surface area contributed by atoms with Crippen LogP contribution in [0.5, 0.6) is 17.2 Å². The number of carbonyl (C=O) groups excluding carboxylic acids is 4. The van der Waals surface area contributed by atoms with Gasteiger partial charge in [-0.05, 0) is 78.9 Å². The number of rotatable bonds is 8. The van der Waals surface area contributed by atoms with Crippen LogP contribution >= 0.6 is 23.2 Å². The second-order valence-electron chi connectivity index (χ2n) is 16.2. The number of imide groups is 2. The van der Waals surface area contributed by atoms with E-state index in [-0.39, 0.29) is 35.7 Å². The van der Waals surface area contributed by atoms with Crippen LogP contribution in [0.15, 0.2) is 113 Å². The Hall–Kier alpha value is -6.91. The van der Waals surface area contributed by atoms with Gasteiger partial charge in [0, 0.05) is 40.4 Å². The average Bonchev–Trinajstić information content (AvgIpc) is 3.91. The normalized spacial score (nSPS) is 23.9. The van der Waals surface area contributed by atoms with E-state index in [0.717, 1.165) is 4.90 Å². The Bertz CT molecular complexity index is 2980. The predicted octanol–water partition coefficient (Wildman–Crippen LogP) is 9.13. The molecule has 4 aliphatic rings. The number of halogens is 5. The lowest BCUT2D eigenvalue weighted by Crippen LogP contribution is -2.53. The fourth-order valence-corrected chi connectivity index (χ4v) is 10.6. The molecule has 0 unspecified atom stereocenters. The standard InChI is InChI=1S/C47H34Cl2F3N5O8/c1-63-27-18-34(58)38(36(19-27)64-2)39-28-15-16-29-37(44(61)56(42(29)59)26-13-7-22(8-14-26)41-54-33-5-3-4-6-35(33)65-41)30(28)20-31-43(60)57(45(62)46(31,39)23-9-11-25(48)12-10-23)55-40-32(49)17-24(21-53-40)47(50,51)52/h3-15,17-19,21,29-31,37,39,58H,16,20H2,1-2H3,(H,53,55)/t29-,30+,31-,37-,39+,46+/m0/s1. The van der Waals surface area contributed by atoms with Crippen LogP contribution in [0.25, 0.3) is 22.6 Å². The van der Waals surface area contributed by atoms with Crippen LogP contribution in [-0.4, -0.2) is 57.9 Å². The molecule has 2 aromatic heterocycles. The molecule has 0 radical (unpaired) electrons. The topological polar surface area (TPSA) is 164 Å². The summed E-state index contributed by atoms with van der Waals surface area (Å²) in [6.45, 7) is 0. The number of allylic oxidation sites excluding steroid dienone is 2. The van der Waals surface area contributed by atoms with Crippen LogP contribution in [0.2, 0.25) is 10.0 Å². The molecular formula is C47H34Cl2F3N5O8. The highest BCUT2D eigenvalue weighted by molar-refractivity contribution is 6.33. The number of aromatic nitrogens is 2. The molecule has 4 amide bonds. The van der Waals surface area contributed by atoms with Crippen molar-refractivity contribution in [3.8, 4) is 28.7 Å². The number of para-hydroxylation sites is 2. The third-order valence-electron chi connectivity index (χ3n) is 13.1. The minimum absolute atomic E-state index is 0.0604. The number of phenolic OH excluding ortho intramolecular Hbond substituents is 1. The summed E-state index contributed by atoms with van der Waals surface area (Å²) in [6.07, 6.45) is -2.57. The summed E-state index contributed by atoms with van der Waals surface area (Å²) < 4.78 is 58.1. The summed E-state index contributed by atoms with van der Waals surface area (Å²) in [6, 6.07) is 23.6. The van der Waals surface area contributed by atoms with Crippen molar-refractivity contribution in [2.75, 3.05) is 24.5 Å². The van der Waals surface area contributed by atoms with Gasteiger partial charge in [0.1, 0.15) is 22.8 Å². The van der Waals surface area contributed by atoms with Crippen molar-refractivity contribution in [2.24, 2.45) is 23.7 Å². The fourth-order valence-electron chi connectivity index (χ4n) is 10.3. The molecule has 13 nitrogen and oxygen atoms in total. The largest absolute Gasteiger partial charge is 0.507 e. The summed E-state index contributed by atoms with van der Waals surface area (Å²) in [7, 11) is 2.75. The lowest BCUT2D eigenvalue weighted by molar-refractivity contribution is -0.139. The van der Waals surface area contributed by atoms with E-state index in [4.69, 9.17) is 37.1 Å². The number of anilines is 2. The second kappa shape index (κ2) is 15.4. The van der Waals surface area contributed by atoms with Crippen molar-refractivity contribution in [3.63, 3.8) is 0 Å². The predicted molar refractivity (Wildman–Crippen MR) is 230 cm³/mol. The minimum atomic E-state index is -4.79. The van der Waals surface area contributed by atoms with Gasteiger partial charge in [-0.15, -0.1) is 0 Å². The zero-order chi connectivity index (χ0) is 45.7. The van der Waals surface area contributed by atoms with E-state index in [1.54, 1.807) is 48.5 Å². The van der Waals surface area contributed by atoms with E-state index in [0.29, 0.717) is 61.7 Å². The monoisotopic (exact) mass is 923 g/mol. The van der Waals surface area contributed by atoms with Crippen LogP contribution < -0.4 is 19.8 Å². The van der Waals surface area contributed by atoms with E-state index in [2.05, 4.69) is 15.4 Å². The van der Waals surface area contributed by atoms with Gasteiger partial charge in [0.05, 0.1) is 53.7 Å². The molecule has 2 N–H and O–H groups in total. The molecule has 330 valence electrons. The van der Waals surface area contributed by atoms with Crippen LogP contribution in [0.1, 0.15) is 35.4 Å². The Kier molecular flexibility index (Phi) is 9.95. The lowest BCUT2D eigenvalue weighted by atomic mass is 9.49. The van der Waals surface area contributed by atoms with Gasteiger partial charge in [-0.3, -0.25) is 29.5 Å². The smallest absolute Gasteiger partial charge is 0.417 e. The van der Waals surface area contributed by atoms with Gasteiger partial charge in [-0.1, -0.05) is 59.1 Å². The lowest BCUT2D eigenvalue weighted by Gasteiger charge is -2.50. The van der Waals surface area contributed by atoms with Gasteiger partial charge in [-0.2, -0.15) is 18.2 Å². The minimum Gasteiger partial charge on any atom is -0.507 e. The maximum absolute atomic E-state index is 15.6. The van der Waals surface area contributed by atoms with Crippen LogP contribution in [0, 0.1) is 23.7 Å². The van der Waals surface area contributed by atoms with E-state index < -0.39 is 81.2 Å². The molecule has 0 spiro atoms. The summed E-state index contributed by atoms with van der Waals surface area (Å²) in [5.41, 5.74) is 2.54. The number of alkyl halides is 3. The summed E-state index contributed by atoms with van der Waals surface area (Å²) in [5, 5.41) is 12.5. The van der Waals surface area contributed by atoms with Crippen molar-refractivity contribution in [1.82, 2.24) is 15.0 Å². The summed E-state index contributed by atoms with van der Waals surface area (Å²) >= 11 is 12.7. The van der Waals surface area contributed by atoms with Gasteiger partial charge in [0.15, 0.2) is 11.4 Å². The fraction of sp³-hybridized carbons (Fsp3) is 0.234. The van der Waals surface area contributed by atoms with E-state index in [1.165, 1.54) is 38.5 Å². The highest BCUT2D eigenvalue weighted by atomic mass is 35.5. The number of hydrogen-bond donors (Lipinski definition) is 2. The zero-order valence-corrected chi connectivity index (χ0v) is 35.6. The summed E-state index contributed by atoms with van der Waals surface area (Å²) in [4.78, 5) is 69.6. The number of oxazole rings is 1. The number of carbonyl (C=O) groups is 4. The van der Waals surface area contributed by atoms with Crippen molar-refractivity contribution in [2.45, 2.75) is 30.4 Å². The molecule has 4 aromatic carbocycles. The van der Waals surface area contributed by atoms with Crippen molar-refractivity contribution in [3.05, 3.63) is 136 Å². The molecule has 10 rings (SSSR count). The number of hydrazine groups is 1. The van der Waals surface area contributed by atoms with Crippen LogP contribution in [0.4, 0.5) is 24.7 Å². The number of aromatic hydroxyl groups is 1. The van der Waals surface area contributed by atoms with Crippen molar-refractivity contribution in [1.29, 1.82) is 0 Å². The molecule has 2 aliphatic carbocycles. The maximum Gasteiger partial charge on any atom is 0.417 e. The first kappa shape index (κ1) is 42.1. The van der Waals surface area contributed by atoms with Crippen LogP contribution in [-0.2, 0) is 30.8 Å². The third-order valence-corrected chi connectivity index (χ3v) is 13.6. The van der Waals surface area contributed by atoms with Crippen molar-refractivity contribution < 1.29 is 51.3 Å². The van der Waals surface area contributed by atoms with E-state index in [1.807, 2.05) is 18.2 Å². The number of hydrogen-bond acceptors (Lipinski definition) is 11. The Labute approximate surface area is 377 Å². The first-order valence-corrected chi connectivity index (χ1v) is 21.0. The zero-order valence-electron chi connectivity index (χ0n) is 34.1. The number of ether oxygens (including phenoxy) is 2. The highest BCUT2D eigenvalue weighted by Gasteiger charge is 2.71. The Balaban J connectivity index is 1.11. The number of nitrogens with one attached hydrogen (secondary N) is 1. The third kappa shape index (κ3) is 6.43. The Morgan fingerprint density at radius 3 is 2.31 bits per heavy atom. The van der Waals surface area contributed by atoms with Crippen molar-refractivity contribution >= 4 is 69.4 Å². The summed E-state index contributed by atoms with van der Waals surface area (Å²) in [5.74, 6) is -8.16. The molecule has 0 bridgehead atoms. The number of amides is 4. The Morgan fingerprint density at radius 1 is 0.892 bits per heavy atom. The quantitative estimate of drug-likeness (QED) is 0.111. The van der Waals surface area contributed by atoms with Crippen LogP contribution in [0.3, 0.4) is 0 Å². The molecular weight excluding hydrogens is 890 g/mol. The number of benzene rings is 4. The number of nitrogens with zero attached hydrogens (tertiary/aromatic N) is 4.